The molecule has 0 radical (unpaired) electrons. The SMILES string of the molecule is CN(C)/C=C1\C(=O)NN=C1CSc1ccc(Cl)cc1. The Morgan fingerprint density at radius 1 is 1.37 bits per heavy atom. The molecule has 0 unspecified atom stereocenters. The number of halogens is 1. The highest BCUT2D eigenvalue weighted by molar-refractivity contribution is 8.00. The second kappa shape index (κ2) is 6.12. The molecule has 1 heterocycles. The van der Waals surface area contributed by atoms with Crippen molar-refractivity contribution in [3.63, 3.8) is 0 Å². The smallest absolute Gasteiger partial charge is 0.274 e. The van der Waals surface area contributed by atoms with Crippen molar-refractivity contribution < 1.29 is 4.79 Å². The molecule has 0 bridgehead atoms. The summed E-state index contributed by atoms with van der Waals surface area (Å²) in [7, 11) is 3.76. The van der Waals surface area contributed by atoms with Crippen LogP contribution in [0.2, 0.25) is 5.02 Å². The largest absolute Gasteiger partial charge is 0.383 e. The molecule has 19 heavy (non-hydrogen) atoms. The van der Waals surface area contributed by atoms with Gasteiger partial charge in [0.2, 0.25) is 0 Å². The van der Waals surface area contributed by atoms with Gasteiger partial charge in [0, 0.05) is 36.0 Å². The third-order valence-corrected chi connectivity index (χ3v) is 3.70. The van der Waals surface area contributed by atoms with E-state index in [9.17, 15) is 4.79 Å². The van der Waals surface area contributed by atoms with Gasteiger partial charge in [-0.25, -0.2) is 5.43 Å². The predicted octanol–water partition coefficient (Wildman–Crippen LogP) is 2.36. The topological polar surface area (TPSA) is 44.7 Å². The molecule has 0 fully saturated rings. The van der Waals surface area contributed by atoms with Crippen molar-refractivity contribution in [3.8, 4) is 0 Å². The van der Waals surface area contributed by atoms with E-state index in [0.29, 0.717) is 16.3 Å². The lowest BCUT2D eigenvalue weighted by Crippen LogP contribution is -2.17. The fourth-order valence-electron chi connectivity index (χ4n) is 1.55. The van der Waals surface area contributed by atoms with E-state index in [2.05, 4.69) is 10.5 Å². The van der Waals surface area contributed by atoms with E-state index in [-0.39, 0.29) is 5.91 Å². The third-order valence-electron chi connectivity index (χ3n) is 2.42. The molecule has 100 valence electrons. The standard InChI is InChI=1S/C13H14ClN3OS/c1-17(2)7-11-12(15-16-13(11)18)8-19-10-5-3-9(14)4-6-10/h3-7H,8H2,1-2H3,(H,16,18)/b11-7-. The Morgan fingerprint density at radius 3 is 2.68 bits per heavy atom. The second-order valence-corrected chi connectivity index (χ2v) is 5.73. The van der Waals surface area contributed by atoms with E-state index >= 15 is 0 Å². The molecular formula is C13H14ClN3OS. The number of hydrogen-bond donors (Lipinski definition) is 1. The van der Waals surface area contributed by atoms with Crippen LogP contribution < -0.4 is 5.43 Å². The first kappa shape index (κ1) is 14.0. The van der Waals surface area contributed by atoms with Gasteiger partial charge in [0.05, 0.1) is 11.3 Å². The van der Waals surface area contributed by atoms with E-state index < -0.39 is 0 Å². The quantitative estimate of drug-likeness (QED) is 0.685. The Balaban J connectivity index is 2.03. The molecule has 1 N–H and O–H groups in total. The van der Waals surface area contributed by atoms with Crippen molar-refractivity contribution in [2.24, 2.45) is 5.10 Å². The van der Waals surface area contributed by atoms with Gasteiger partial charge in [-0.15, -0.1) is 11.8 Å². The molecule has 0 aromatic heterocycles. The number of hydrazone groups is 1. The van der Waals surface area contributed by atoms with Gasteiger partial charge in [-0.05, 0) is 24.3 Å². The zero-order valence-corrected chi connectivity index (χ0v) is 12.3. The van der Waals surface area contributed by atoms with Gasteiger partial charge in [-0.1, -0.05) is 11.6 Å². The van der Waals surface area contributed by atoms with Crippen LogP contribution in [0.5, 0.6) is 0 Å². The van der Waals surface area contributed by atoms with Crippen LogP contribution in [0.4, 0.5) is 0 Å². The van der Waals surface area contributed by atoms with Crippen molar-refractivity contribution in [1.82, 2.24) is 10.3 Å². The lowest BCUT2D eigenvalue weighted by atomic mass is 10.2. The normalized spacial score (nSPS) is 16.5. The lowest BCUT2D eigenvalue weighted by molar-refractivity contribution is -0.116. The Bertz CT molecular complexity index is 537. The van der Waals surface area contributed by atoms with Gasteiger partial charge in [0.15, 0.2) is 0 Å². The van der Waals surface area contributed by atoms with Crippen molar-refractivity contribution in [3.05, 3.63) is 41.1 Å². The average Bonchev–Trinajstić information content (AvgIpc) is 2.70. The molecule has 1 aromatic rings. The molecule has 1 aliphatic rings. The summed E-state index contributed by atoms with van der Waals surface area (Å²) < 4.78 is 0. The molecule has 0 saturated carbocycles. The van der Waals surface area contributed by atoms with E-state index in [1.54, 1.807) is 18.0 Å². The summed E-state index contributed by atoms with van der Waals surface area (Å²) >= 11 is 7.45. The van der Waals surface area contributed by atoms with Crippen LogP contribution in [0.3, 0.4) is 0 Å². The van der Waals surface area contributed by atoms with Crippen molar-refractivity contribution >= 4 is 35.0 Å². The second-order valence-electron chi connectivity index (χ2n) is 4.25. The van der Waals surface area contributed by atoms with Crippen molar-refractivity contribution in [1.29, 1.82) is 0 Å². The Hall–Kier alpha value is -1.46. The fraction of sp³-hybridized carbons (Fsp3) is 0.231. The molecular weight excluding hydrogens is 282 g/mol. The molecule has 1 aliphatic heterocycles. The van der Waals surface area contributed by atoms with Gasteiger partial charge in [0.25, 0.3) is 5.91 Å². The summed E-state index contributed by atoms with van der Waals surface area (Å²) in [4.78, 5) is 14.6. The van der Waals surface area contributed by atoms with Crippen LogP contribution in [0.1, 0.15) is 0 Å². The molecule has 0 saturated heterocycles. The number of nitrogens with zero attached hydrogens (tertiary/aromatic N) is 2. The number of carbonyl (C=O) groups is 1. The first-order chi connectivity index (χ1) is 9.06. The summed E-state index contributed by atoms with van der Waals surface area (Å²) in [6, 6.07) is 7.60. The molecule has 2 rings (SSSR count). The summed E-state index contributed by atoms with van der Waals surface area (Å²) in [6.07, 6.45) is 1.78. The van der Waals surface area contributed by atoms with Crippen LogP contribution in [-0.2, 0) is 4.79 Å². The number of carbonyl (C=O) groups excluding carboxylic acids is 1. The summed E-state index contributed by atoms with van der Waals surface area (Å²) in [5.74, 6) is 0.487. The van der Waals surface area contributed by atoms with Crippen LogP contribution >= 0.6 is 23.4 Å². The molecule has 0 aliphatic carbocycles. The molecule has 1 amide bonds. The van der Waals surface area contributed by atoms with Crippen LogP contribution in [0.15, 0.2) is 46.0 Å². The minimum absolute atomic E-state index is 0.152. The van der Waals surface area contributed by atoms with Crippen LogP contribution in [0, 0.1) is 0 Å². The molecule has 6 heteroatoms. The highest BCUT2D eigenvalue weighted by Crippen LogP contribution is 2.22. The number of nitrogens with one attached hydrogen (secondary N) is 1. The lowest BCUT2D eigenvalue weighted by Gasteiger charge is -2.07. The molecule has 0 spiro atoms. The highest BCUT2D eigenvalue weighted by Gasteiger charge is 2.22. The van der Waals surface area contributed by atoms with E-state index in [1.165, 1.54) is 0 Å². The minimum Gasteiger partial charge on any atom is -0.383 e. The maximum atomic E-state index is 11.6. The Kier molecular flexibility index (Phi) is 4.50. The zero-order valence-electron chi connectivity index (χ0n) is 10.7. The van der Waals surface area contributed by atoms with Gasteiger partial charge < -0.3 is 4.90 Å². The number of rotatable bonds is 4. The zero-order chi connectivity index (χ0) is 13.8. The van der Waals surface area contributed by atoms with Crippen molar-refractivity contribution in [2.45, 2.75) is 4.90 Å². The van der Waals surface area contributed by atoms with Gasteiger partial charge >= 0.3 is 0 Å². The van der Waals surface area contributed by atoms with Gasteiger partial charge in [-0.3, -0.25) is 4.79 Å². The van der Waals surface area contributed by atoms with Gasteiger partial charge in [0.1, 0.15) is 0 Å². The number of amides is 1. The van der Waals surface area contributed by atoms with E-state index in [4.69, 9.17) is 11.6 Å². The molecule has 1 aromatic carbocycles. The maximum absolute atomic E-state index is 11.6. The number of benzene rings is 1. The monoisotopic (exact) mass is 295 g/mol. The van der Waals surface area contributed by atoms with Crippen molar-refractivity contribution in [2.75, 3.05) is 19.8 Å². The molecule has 0 atom stereocenters. The van der Waals surface area contributed by atoms with E-state index in [0.717, 1.165) is 10.6 Å². The minimum atomic E-state index is -0.152. The summed E-state index contributed by atoms with van der Waals surface area (Å²) in [6.45, 7) is 0. The van der Waals surface area contributed by atoms with Crippen LogP contribution in [0.25, 0.3) is 0 Å². The number of hydrogen-bond acceptors (Lipinski definition) is 4. The van der Waals surface area contributed by atoms with Gasteiger partial charge in [-0.2, -0.15) is 5.10 Å². The average molecular weight is 296 g/mol. The first-order valence-electron chi connectivity index (χ1n) is 5.70. The summed E-state index contributed by atoms with van der Waals surface area (Å²) in [5, 5.41) is 4.77. The highest BCUT2D eigenvalue weighted by atomic mass is 35.5. The predicted molar refractivity (Wildman–Crippen MR) is 79.5 cm³/mol. The van der Waals surface area contributed by atoms with E-state index in [1.807, 2.05) is 43.3 Å². The fourth-order valence-corrected chi connectivity index (χ4v) is 2.53. The Morgan fingerprint density at radius 2 is 2.05 bits per heavy atom. The third kappa shape index (κ3) is 3.75. The maximum Gasteiger partial charge on any atom is 0.274 e. The Labute approximate surface area is 121 Å². The summed E-state index contributed by atoms with van der Waals surface area (Å²) in [5.41, 5.74) is 3.87. The first-order valence-corrected chi connectivity index (χ1v) is 7.06. The van der Waals surface area contributed by atoms with Crippen LogP contribution in [-0.4, -0.2) is 36.4 Å². The molecule has 4 nitrogen and oxygen atoms in total. The number of thioether (sulfide) groups is 1.